The quantitative estimate of drug-likeness (QED) is 0.0658. The monoisotopic (exact) mass is 644 g/mol. The number of hydrogen-bond acceptors (Lipinski definition) is 8. The van der Waals surface area contributed by atoms with Gasteiger partial charge >= 0.3 is 6.09 Å². The first-order valence-corrected chi connectivity index (χ1v) is 18.5. The number of hydrogen-bond donors (Lipinski definition) is 5. The lowest BCUT2D eigenvalue weighted by molar-refractivity contribution is -0.226. The Kier molecular flexibility index (Phi) is 25.5. The first-order valence-electron chi connectivity index (χ1n) is 18.5. The zero-order valence-corrected chi connectivity index (χ0v) is 28.8. The van der Waals surface area contributed by atoms with Crippen LogP contribution in [0.25, 0.3) is 0 Å². The molecule has 266 valence electrons. The summed E-state index contributed by atoms with van der Waals surface area (Å²) in [6.07, 6.45) is 20.2. The molecule has 10 nitrogen and oxygen atoms in total. The van der Waals surface area contributed by atoms with Crippen molar-refractivity contribution in [1.29, 1.82) is 0 Å². The molecule has 0 spiro atoms. The molecule has 5 atom stereocenters. The molecule has 0 saturated carbocycles. The summed E-state index contributed by atoms with van der Waals surface area (Å²) in [5.74, 6) is -0.550. The van der Waals surface area contributed by atoms with Crippen LogP contribution in [0.1, 0.15) is 155 Å². The molecule has 1 rings (SSSR count). The highest BCUT2D eigenvalue weighted by atomic mass is 16.6. The highest BCUT2D eigenvalue weighted by Gasteiger charge is 2.48. The molecule has 0 aromatic rings. The summed E-state index contributed by atoms with van der Waals surface area (Å²) in [7, 11) is 0. The van der Waals surface area contributed by atoms with Crippen molar-refractivity contribution in [2.45, 2.75) is 186 Å². The Bertz CT molecular complexity index is 729. The van der Waals surface area contributed by atoms with Gasteiger partial charge in [0.1, 0.15) is 24.4 Å². The number of nitrogens with one attached hydrogen (secondary N) is 1. The van der Waals surface area contributed by atoms with E-state index >= 15 is 0 Å². The van der Waals surface area contributed by atoms with Gasteiger partial charge in [-0.1, -0.05) is 142 Å². The molecule has 0 aromatic carbocycles. The van der Waals surface area contributed by atoms with Crippen LogP contribution >= 0.6 is 0 Å². The van der Waals surface area contributed by atoms with E-state index in [4.69, 9.17) is 15.2 Å². The average molecular weight is 644 g/mol. The maximum atomic E-state index is 13.4. The summed E-state index contributed by atoms with van der Waals surface area (Å²) in [5, 5.41) is 33.7. The Balaban J connectivity index is 2.64. The fourth-order valence-corrected chi connectivity index (χ4v) is 6.04. The smallest absolute Gasteiger partial charge is 0.411 e. The van der Waals surface area contributed by atoms with Gasteiger partial charge in [-0.05, 0) is 12.8 Å². The van der Waals surface area contributed by atoms with Crippen LogP contribution in [0.5, 0.6) is 0 Å². The van der Waals surface area contributed by atoms with Crippen molar-refractivity contribution in [1.82, 2.24) is 10.2 Å². The fraction of sp³-hybridized carbons (Fsp3) is 0.943. The van der Waals surface area contributed by atoms with E-state index in [2.05, 4.69) is 19.2 Å². The zero-order valence-electron chi connectivity index (χ0n) is 28.8. The van der Waals surface area contributed by atoms with Crippen molar-refractivity contribution < 1.29 is 34.4 Å². The van der Waals surface area contributed by atoms with E-state index in [0.29, 0.717) is 13.0 Å². The summed E-state index contributed by atoms with van der Waals surface area (Å²) in [4.78, 5) is 27.0. The van der Waals surface area contributed by atoms with E-state index in [1.165, 1.54) is 101 Å². The van der Waals surface area contributed by atoms with E-state index in [0.717, 1.165) is 38.5 Å². The van der Waals surface area contributed by atoms with Gasteiger partial charge in [0.05, 0.1) is 19.8 Å². The molecule has 0 aliphatic carbocycles. The third-order valence-electron chi connectivity index (χ3n) is 8.93. The third kappa shape index (κ3) is 18.5. The summed E-state index contributed by atoms with van der Waals surface area (Å²) in [6, 6.07) is -1.12. The van der Waals surface area contributed by atoms with Crippen molar-refractivity contribution in [2.75, 3.05) is 26.3 Å². The van der Waals surface area contributed by atoms with Crippen LogP contribution < -0.4 is 11.1 Å². The van der Waals surface area contributed by atoms with Crippen LogP contribution in [0.2, 0.25) is 0 Å². The van der Waals surface area contributed by atoms with Crippen molar-refractivity contribution in [3.05, 3.63) is 0 Å². The van der Waals surface area contributed by atoms with Crippen LogP contribution in [-0.4, -0.2) is 89.1 Å². The summed E-state index contributed by atoms with van der Waals surface area (Å²) < 4.78 is 11.6. The van der Waals surface area contributed by atoms with Gasteiger partial charge in [0, 0.05) is 6.54 Å². The highest BCUT2D eigenvalue weighted by molar-refractivity contribution is 5.78. The first kappa shape index (κ1) is 41.6. The lowest BCUT2D eigenvalue weighted by atomic mass is 9.95. The van der Waals surface area contributed by atoms with Gasteiger partial charge in [0.15, 0.2) is 6.23 Å². The Hall–Kier alpha value is -1.46. The SMILES string of the molecule is CCCCCCCCCCCCCCN(C(=O)OCCCCCCCCCCCC)[C@@H]1O[C@H](CO)[C@H](O)[C@H](O)[C@H]1NC(=O)CN. The Morgan fingerprint density at radius 2 is 1.16 bits per heavy atom. The number of carbonyl (C=O) groups is 2. The van der Waals surface area contributed by atoms with E-state index < -0.39 is 49.2 Å². The molecule has 1 heterocycles. The largest absolute Gasteiger partial charge is 0.449 e. The second kappa shape index (κ2) is 27.6. The topological polar surface area (TPSA) is 155 Å². The number of carbonyl (C=O) groups excluding carboxylic acids is 2. The number of nitrogens with two attached hydrogens (primary N) is 1. The predicted octanol–water partition coefficient (Wildman–Crippen LogP) is 5.93. The molecule has 1 fully saturated rings. The molecule has 45 heavy (non-hydrogen) atoms. The van der Waals surface area contributed by atoms with Gasteiger partial charge in [-0.2, -0.15) is 0 Å². The highest BCUT2D eigenvalue weighted by Crippen LogP contribution is 2.25. The van der Waals surface area contributed by atoms with Crippen LogP contribution in [0.4, 0.5) is 4.79 Å². The van der Waals surface area contributed by atoms with Crippen LogP contribution in [0, 0.1) is 0 Å². The fourth-order valence-electron chi connectivity index (χ4n) is 6.04. The van der Waals surface area contributed by atoms with Gasteiger partial charge < -0.3 is 35.8 Å². The van der Waals surface area contributed by atoms with Crippen molar-refractivity contribution in [3.8, 4) is 0 Å². The van der Waals surface area contributed by atoms with Gasteiger partial charge in [-0.3, -0.25) is 9.69 Å². The Morgan fingerprint density at radius 3 is 1.60 bits per heavy atom. The predicted molar refractivity (Wildman–Crippen MR) is 180 cm³/mol. The molecule has 6 N–H and O–H groups in total. The first-order chi connectivity index (χ1) is 21.9. The molecule has 1 saturated heterocycles. The number of unbranched alkanes of at least 4 members (excludes halogenated alkanes) is 20. The lowest BCUT2D eigenvalue weighted by Crippen LogP contribution is -2.69. The maximum absolute atomic E-state index is 13.4. The Labute approximate surface area is 274 Å². The minimum atomic E-state index is -1.46. The zero-order chi connectivity index (χ0) is 33.1. The molecular weight excluding hydrogens is 574 g/mol. The molecule has 0 bridgehead atoms. The van der Waals surface area contributed by atoms with E-state index in [1.54, 1.807) is 0 Å². The van der Waals surface area contributed by atoms with Gasteiger partial charge in [-0.25, -0.2) is 4.79 Å². The van der Waals surface area contributed by atoms with Crippen molar-refractivity contribution in [2.24, 2.45) is 5.73 Å². The molecule has 0 unspecified atom stereocenters. The summed E-state index contributed by atoms with van der Waals surface area (Å²) in [6.45, 7) is 4.16. The average Bonchev–Trinajstić information content (AvgIpc) is 3.04. The van der Waals surface area contributed by atoms with E-state index in [-0.39, 0.29) is 13.2 Å². The Morgan fingerprint density at radius 1 is 0.711 bits per heavy atom. The van der Waals surface area contributed by atoms with Crippen molar-refractivity contribution >= 4 is 12.0 Å². The van der Waals surface area contributed by atoms with Gasteiger partial charge in [0.25, 0.3) is 0 Å². The second-order valence-electron chi connectivity index (χ2n) is 12.9. The molecule has 1 aliphatic heterocycles. The van der Waals surface area contributed by atoms with E-state index in [1.807, 2.05) is 0 Å². The van der Waals surface area contributed by atoms with Crippen LogP contribution in [0.3, 0.4) is 0 Å². The lowest BCUT2D eigenvalue weighted by Gasteiger charge is -2.46. The molecule has 0 radical (unpaired) electrons. The number of ether oxygens (including phenoxy) is 2. The number of aliphatic hydroxyl groups is 3. The summed E-state index contributed by atoms with van der Waals surface area (Å²) >= 11 is 0. The van der Waals surface area contributed by atoms with Crippen LogP contribution in [0.15, 0.2) is 0 Å². The molecule has 0 aromatic heterocycles. The molecular formula is C35H69N3O7. The minimum absolute atomic E-state index is 0.269. The minimum Gasteiger partial charge on any atom is -0.449 e. The van der Waals surface area contributed by atoms with Crippen molar-refractivity contribution in [3.63, 3.8) is 0 Å². The number of amides is 2. The maximum Gasteiger partial charge on any atom is 0.411 e. The summed E-state index contributed by atoms with van der Waals surface area (Å²) in [5.41, 5.74) is 5.50. The molecule has 1 aliphatic rings. The van der Waals surface area contributed by atoms with Gasteiger partial charge in [-0.15, -0.1) is 0 Å². The molecule has 2 amide bonds. The van der Waals surface area contributed by atoms with Gasteiger partial charge in [0.2, 0.25) is 5.91 Å². The standard InChI is InChI=1S/C35H69N3O7/c1-3-5-7-9-11-13-15-16-17-19-21-23-25-38(35(43)44-26-24-22-20-18-14-12-10-8-6-4-2)34-31(37-30(40)27-36)33(42)32(41)29(28-39)45-34/h29,31-34,39,41-42H,3-28,36H2,1-2H3,(H,37,40)/t29-,31-,32+,33-,34-/m1/s1. The number of nitrogens with zero attached hydrogens (tertiary/aromatic N) is 1. The van der Waals surface area contributed by atoms with E-state index in [9.17, 15) is 24.9 Å². The normalized spacial score (nSPS) is 21.5. The van der Waals surface area contributed by atoms with Crippen LogP contribution in [-0.2, 0) is 14.3 Å². The second-order valence-corrected chi connectivity index (χ2v) is 12.9. The third-order valence-corrected chi connectivity index (χ3v) is 8.93. The molecule has 10 heteroatoms. The number of aliphatic hydroxyl groups excluding tert-OH is 3. The number of rotatable bonds is 28.